The van der Waals surface area contributed by atoms with Gasteiger partial charge in [0.05, 0.1) is 29.7 Å². The molecule has 0 unspecified atom stereocenters. The fourth-order valence-corrected chi connectivity index (χ4v) is 4.04. The number of carbonyl (C=O) groups excluding carboxylic acids is 2. The molecule has 1 atom stereocenters. The topological polar surface area (TPSA) is 61.9 Å². The van der Waals surface area contributed by atoms with Gasteiger partial charge < -0.3 is 15.0 Å². The Balaban J connectivity index is 1.65. The molecule has 2 aliphatic rings. The number of anilines is 3. The summed E-state index contributed by atoms with van der Waals surface area (Å²) < 4.78 is 4.80. The van der Waals surface area contributed by atoms with Crippen molar-refractivity contribution in [1.29, 1.82) is 0 Å². The summed E-state index contributed by atoms with van der Waals surface area (Å²) in [4.78, 5) is 29.2. The number of nitrogens with zero attached hydrogens (tertiary/aromatic N) is 2. The van der Waals surface area contributed by atoms with Crippen LogP contribution >= 0.6 is 11.6 Å². The van der Waals surface area contributed by atoms with Crippen LogP contribution in [0.2, 0.25) is 5.02 Å². The second-order valence-electron chi connectivity index (χ2n) is 6.70. The zero-order valence-electron chi connectivity index (χ0n) is 14.9. The first-order chi connectivity index (χ1) is 13.1. The quantitative estimate of drug-likeness (QED) is 0.789. The van der Waals surface area contributed by atoms with Gasteiger partial charge in [0.1, 0.15) is 0 Å². The number of carbonyl (C=O) groups is 2. The number of para-hydroxylation sites is 2. The number of hydrogen-bond acceptors (Lipinski definition) is 4. The van der Waals surface area contributed by atoms with Crippen LogP contribution < -0.4 is 15.1 Å². The van der Waals surface area contributed by atoms with Crippen molar-refractivity contribution in [2.75, 3.05) is 35.3 Å². The fourth-order valence-electron chi connectivity index (χ4n) is 3.87. The van der Waals surface area contributed by atoms with E-state index in [1.165, 1.54) is 7.11 Å². The molecule has 2 aromatic rings. The SMILES string of the molecule is COC(=O)c1ccc(Cl)cc1NC(=O)N1C[C@@H]2CCCN2c2ccccc21. The third-order valence-corrected chi connectivity index (χ3v) is 5.36. The Morgan fingerprint density at radius 2 is 1.96 bits per heavy atom. The number of methoxy groups -OCH3 is 1. The Labute approximate surface area is 162 Å². The Morgan fingerprint density at radius 3 is 2.74 bits per heavy atom. The molecule has 0 spiro atoms. The Bertz CT molecular complexity index is 902. The van der Waals surface area contributed by atoms with Crippen molar-refractivity contribution >= 4 is 40.7 Å². The van der Waals surface area contributed by atoms with Gasteiger partial charge in [0.2, 0.25) is 0 Å². The maximum Gasteiger partial charge on any atom is 0.339 e. The molecule has 6 nitrogen and oxygen atoms in total. The highest BCUT2D eigenvalue weighted by atomic mass is 35.5. The van der Waals surface area contributed by atoms with Crippen molar-refractivity contribution in [2.45, 2.75) is 18.9 Å². The summed E-state index contributed by atoms with van der Waals surface area (Å²) in [6, 6.07) is 12.6. The molecule has 140 valence electrons. The third-order valence-electron chi connectivity index (χ3n) is 5.13. The third kappa shape index (κ3) is 3.21. The Morgan fingerprint density at radius 1 is 1.19 bits per heavy atom. The van der Waals surface area contributed by atoms with Gasteiger partial charge in [-0.25, -0.2) is 9.59 Å². The molecule has 1 fully saturated rings. The maximum atomic E-state index is 13.1. The number of rotatable bonds is 2. The van der Waals surface area contributed by atoms with Crippen molar-refractivity contribution in [2.24, 2.45) is 0 Å². The van der Waals surface area contributed by atoms with Crippen LogP contribution in [0.4, 0.5) is 21.9 Å². The molecule has 1 saturated heterocycles. The highest BCUT2D eigenvalue weighted by Crippen LogP contribution is 2.39. The minimum atomic E-state index is -0.525. The van der Waals surface area contributed by atoms with Gasteiger partial charge in [-0.15, -0.1) is 0 Å². The number of fused-ring (bicyclic) bond motifs is 3. The molecule has 2 aromatic carbocycles. The van der Waals surface area contributed by atoms with E-state index in [2.05, 4.69) is 10.2 Å². The van der Waals surface area contributed by atoms with Crippen LogP contribution in [0.1, 0.15) is 23.2 Å². The summed E-state index contributed by atoms with van der Waals surface area (Å²) in [6.07, 6.45) is 2.18. The molecular weight excluding hydrogens is 366 g/mol. The monoisotopic (exact) mass is 385 g/mol. The van der Waals surface area contributed by atoms with Gasteiger partial charge in [-0.3, -0.25) is 4.90 Å². The summed E-state index contributed by atoms with van der Waals surface area (Å²) in [6.45, 7) is 1.62. The molecule has 2 amide bonds. The minimum Gasteiger partial charge on any atom is -0.465 e. The lowest BCUT2D eigenvalue weighted by molar-refractivity contribution is 0.0602. The zero-order valence-corrected chi connectivity index (χ0v) is 15.7. The maximum absolute atomic E-state index is 13.1. The fraction of sp³-hybridized carbons (Fsp3) is 0.300. The molecule has 2 aliphatic heterocycles. The van der Waals surface area contributed by atoms with Crippen LogP contribution in [0.15, 0.2) is 42.5 Å². The van der Waals surface area contributed by atoms with E-state index in [0.717, 1.165) is 30.8 Å². The number of amides is 2. The normalized spacial score (nSPS) is 17.9. The second-order valence-corrected chi connectivity index (χ2v) is 7.14. The molecule has 7 heteroatoms. The Hall–Kier alpha value is -2.73. The number of halogens is 1. The number of ether oxygens (including phenoxy) is 1. The summed E-state index contributed by atoms with van der Waals surface area (Å²) in [5.41, 5.74) is 2.55. The highest BCUT2D eigenvalue weighted by molar-refractivity contribution is 6.31. The molecular formula is C20H20ClN3O3. The molecule has 0 bridgehead atoms. The van der Waals surface area contributed by atoms with Gasteiger partial charge >= 0.3 is 12.0 Å². The molecule has 1 N–H and O–H groups in total. The van der Waals surface area contributed by atoms with E-state index in [1.54, 1.807) is 23.1 Å². The number of hydrogen-bond donors (Lipinski definition) is 1. The lowest BCUT2D eigenvalue weighted by atomic mass is 10.1. The first-order valence-electron chi connectivity index (χ1n) is 8.90. The molecule has 2 heterocycles. The molecule has 4 rings (SSSR count). The van der Waals surface area contributed by atoms with Crippen molar-refractivity contribution in [3.63, 3.8) is 0 Å². The summed E-state index contributed by atoms with van der Waals surface area (Å²) in [7, 11) is 1.30. The van der Waals surface area contributed by atoms with Crippen LogP contribution in [0.3, 0.4) is 0 Å². The summed E-state index contributed by atoms with van der Waals surface area (Å²) in [5.74, 6) is -0.525. The van der Waals surface area contributed by atoms with Gasteiger partial charge in [-0.1, -0.05) is 23.7 Å². The van der Waals surface area contributed by atoms with Crippen molar-refractivity contribution in [3.8, 4) is 0 Å². The predicted molar refractivity (Wildman–Crippen MR) is 106 cm³/mol. The van der Waals surface area contributed by atoms with E-state index in [1.807, 2.05) is 24.3 Å². The molecule has 0 aliphatic carbocycles. The van der Waals surface area contributed by atoms with Crippen molar-refractivity contribution in [1.82, 2.24) is 0 Å². The predicted octanol–water partition coefficient (Wildman–Crippen LogP) is 4.15. The highest BCUT2D eigenvalue weighted by Gasteiger charge is 2.36. The van der Waals surface area contributed by atoms with Crippen LogP contribution in [0, 0.1) is 0 Å². The van der Waals surface area contributed by atoms with E-state index in [-0.39, 0.29) is 11.6 Å². The van der Waals surface area contributed by atoms with E-state index in [4.69, 9.17) is 16.3 Å². The average molecular weight is 386 g/mol. The lowest BCUT2D eigenvalue weighted by Crippen LogP contribution is -2.49. The first-order valence-corrected chi connectivity index (χ1v) is 9.28. The zero-order chi connectivity index (χ0) is 19.0. The van der Waals surface area contributed by atoms with Gasteiger partial charge in [0, 0.05) is 24.2 Å². The van der Waals surface area contributed by atoms with Crippen LogP contribution in [0.5, 0.6) is 0 Å². The number of nitrogens with one attached hydrogen (secondary N) is 1. The minimum absolute atomic E-state index is 0.267. The number of esters is 1. The van der Waals surface area contributed by atoms with Gasteiger partial charge in [0.15, 0.2) is 0 Å². The van der Waals surface area contributed by atoms with Crippen LogP contribution in [-0.2, 0) is 4.74 Å². The van der Waals surface area contributed by atoms with E-state index in [9.17, 15) is 9.59 Å². The molecule has 27 heavy (non-hydrogen) atoms. The smallest absolute Gasteiger partial charge is 0.339 e. The number of urea groups is 1. The molecule has 0 radical (unpaired) electrons. The first kappa shape index (κ1) is 17.7. The molecule has 0 saturated carbocycles. The Kier molecular flexibility index (Phi) is 4.66. The van der Waals surface area contributed by atoms with Crippen molar-refractivity contribution < 1.29 is 14.3 Å². The second kappa shape index (κ2) is 7.12. The number of benzene rings is 2. The largest absolute Gasteiger partial charge is 0.465 e. The lowest BCUT2D eigenvalue weighted by Gasteiger charge is -2.40. The van der Waals surface area contributed by atoms with Gasteiger partial charge in [-0.2, -0.15) is 0 Å². The molecule has 0 aromatic heterocycles. The summed E-state index contributed by atoms with van der Waals surface area (Å²) in [5, 5.41) is 3.27. The van der Waals surface area contributed by atoms with Crippen LogP contribution in [-0.4, -0.2) is 38.2 Å². The van der Waals surface area contributed by atoms with Crippen molar-refractivity contribution in [3.05, 3.63) is 53.1 Å². The van der Waals surface area contributed by atoms with Gasteiger partial charge in [0.25, 0.3) is 0 Å². The summed E-state index contributed by atoms with van der Waals surface area (Å²) >= 11 is 6.06. The standard InChI is InChI=1S/C20H20ClN3O3/c1-27-19(25)15-9-8-13(21)11-16(15)22-20(26)24-12-14-5-4-10-23(14)17-6-2-3-7-18(17)24/h2-3,6-9,11,14H,4-5,10,12H2,1H3,(H,22,26)/t14-/m0/s1. The van der Waals surface area contributed by atoms with E-state index in [0.29, 0.717) is 23.3 Å². The van der Waals surface area contributed by atoms with E-state index >= 15 is 0 Å². The van der Waals surface area contributed by atoms with E-state index < -0.39 is 5.97 Å². The average Bonchev–Trinajstić information content (AvgIpc) is 3.16. The van der Waals surface area contributed by atoms with Gasteiger partial charge in [-0.05, 0) is 43.2 Å². The van der Waals surface area contributed by atoms with Crippen LogP contribution in [0.25, 0.3) is 0 Å².